The van der Waals surface area contributed by atoms with Gasteiger partial charge in [-0.15, -0.1) is 0 Å². The fraction of sp³-hybridized carbons (Fsp3) is 0.500. The first kappa shape index (κ1) is 22.1. The van der Waals surface area contributed by atoms with Gasteiger partial charge in [0.15, 0.2) is 0 Å². The molecule has 0 saturated carbocycles. The summed E-state index contributed by atoms with van der Waals surface area (Å²) in [5.41, 5.74) is 1.52. The maximum atomic E-state index is 11.5. The molecule has 6 nitrogen and oxygen atoms in total. The summed E-state index contributed by atoms with van der Waals surface area (Å²) in [7, 11) is 1.94. The number of rotatable bonds is 11. The number of pyridine rings is 1. The smallest absolute Gasteiger partial charge is 0.339 e. The van der Waals surface area contributed by atoms with E-state index in [1.54, 1.807) is 18.3 Å². The molecule has 1 aliphatic rings. The van der Waals surface area contributed by atoms with Gasteiger partial charge in [-0.05, 0) is 42.7 Å². The summed E-state index contributed by atoms with van der Waals surface area (Å²) in [4.78, 5) is 20.2. The fourth-order valence-corrected chi connectivity index (χ4v) is 3.96. The molecular formula is C24H33N3O3. The van der Waals surface area contributed by atoms with Gasteiger partial charge in [0.05, 0.1) is 6.61 Å². The Morgan fingerprint density at radius 1 is 1.23 bits per heavy atom. The van der Waals surface area contributed by atoms with E-state index in [9.17, 15) is 9.90 Å². The second kappa shape index (κ2) is 11.0. The van der Waals surface area contributed by atoms with Crippen LogP contribution in [0.3, 0.4) is 0 Å². The summed E-state index contributed by atoms with van der Waals surface area (Å²) >= 11 is 0. The minimum Gasteiger partial charge on any atom is -0.494 e. The number of aromatic nitrogens is 1. The molecule has 6 heteroatoms. The quantitative estimate of drug-likeness (QED) is 0.551. The number of carboxylic acids is 1. The molecular weight excluding hydrogens is 378 g/mol. The number of hydrogen-bond acceptors (Lipinski definition) is 5. The molecule has 0 amide bonds. The number of unbranched alkanes of at least 4 members (excludes halogenated alkanes) is 3. The number of carboxylic acid groups (broad SMARTS) is 1. The van der Waals surface area contributed by atoms with E-state index >= 15 is 0 Å². The first-order chi connectivity index (χ1) is 14.6. The average molecular weight is 412 g/mol. The number of benzene rings is 1. The fourth-order valence-electron chi connectivity index (χ4n) is 3.96. The van der Waals surface area contributed by atoms with Crippen LogP contribution in [-0.4, -0.2) is 53.7 Å². The number of hydrogen-bond donors (Lipinski definition) is 1. The number of aromatic carboxylic acids is 1. The molecule has 2 heterocycles. The molecule has 1 saturated heterocycles. The van der Waals surface area contributed by atoms with E-state index in [0.29, 0.717) is 5.82 Å². The summed E-state index contributed by atoms with van der Waals surface area (Å²) in [6.07, 6.45) is 7.49. The maximum absolute atomic E-state index is 11.5. The molecule has 1 aromatic heterocycles. The van der Waals surface area contributed by atoms with Crippen LogP contribution in [0.1, 0.15) is 54.9 Å². The summed E-state index contributed by atoms with van der Waals surface area (Å²) in [5, 5.41) is 9.43. The van der Waals surface area contributed by atoms with Gasteiger partial charge in [-0.3, -0.25) is 4.90 Å². The zero-order chi connectivity index (χ0) is 21.3. The molecule has 30 heavy (non-hydrogen) atoms. The standard InChI is InChI=1S/C24H33N3O3/c1-3-4-5-6-16-30-21-11-9-19(10-12-21)17-27-15-13-20(18-27)26(2)23-22(24(28)29)8-7-14-25-23/h7-12,14,20H,3-6,13,15-18H2,1-2H3,(H,28,29)/t20-/m0/s1. The topological polar surface area (TPSA) is 65.9 Å². The molecule has 1 aliphatic heterocycles. The van der Waals surface area contributed by atoms with Gasteiger partial charge >= 0.3 is 5.97 Å². The highest BCUT2D eigenvalue weighted by atomic mass is 16.5. The number of ether oxygens (including phenoxy) is 1. The number of likely N-dealkylation sites (N-methyl/N-ethyl adjacent to an activating group) is 1. The van der Waals surface area contributed by atoms with Crippen LogP contribution in [0.4, 0.5) is 5.82 Å². The first-order valence-corrected chi connectivity index (χ1v) is 10.9. The Labute approximate surface area is 179 Å². The molecule has 1 N–H and O–H groups in total. The summed E-state index contributed by atoms with van der Waals surface area (Å²) in [5.74, 6) is 0.537. The number of carbonyl (C=O) groups is 1. The van der Waals surface area contributed by atoms with E-state index in [-0.39, 0.29) is 11.6 Å². The van der Waals surface area contributed by atoms with Crippen molar-refractivity contribution < 1.29 is 14.6 Å². The molecule has 1 atom stereocenters. The molecule has 0 radical (unpaired) electrons. The Hall–Kier alpha value is -2.60. The molecule has 1 aromatic carbocycles. The van der Waals surface area contributed by atoms with Crippen molar-refractivity contribution in [1.82, 2.24) is 9.88 Å². The molecule has 1 fully saturated rings. The average Bonchev–Trinajstić information content (AvgIpc) is 3.22. The van der Waals surface area contributed by atoms with Crippen molar-refractivity contribution in [2.24, 2.45) is 0 Å². The lowest BCUT2D eigenvalue weighted by Gasteiger charge is -2.27. The van der Waals surface area contributed by atoms with Crippen molar-refractivity contribution >= 4 is 11.8 Å². The maximum Gasteiger partial charge on any atom is 0.339 e. The number of nitrogens with zero attached hydrogens (tertiary/aromatic N) is 3. The van der Waals surface area contributed by atoms with Crippen molar-refractivity contribution in [2.45, 2.75) is 51.6 Å². The van der Waals surface area contributed by atoms with E-state index in [0.717, 1.165) is 44.8 Å². The second-order valence-electron chi connectivity index (χ2n) is 8.02. The minimum atomic E-state index is -0.938. The van der Waals surface area contributed by atoms with E-state index in [1.807, 2.05) is 11.9 Å². The van der Waals surface area contributed by atoms with Gasteiger partial charge in [0.2, 0.25) is 0 Å². The number of anilines is 1. The van der Waals surface area contributed by atoms with Crippen molar-refractivity contribution in [1.29, 1.82) is 0 Å². The molecule has 162 valence electrons. The van der Waals surface area contributed by atoms with Gasteiger partial charge in [-0.2, -0.15) is 0 Å². The molecule has 0 bridgehead atoms. The van der Waals surface area contributed by atoms with Gasteiger partial charge in [-0.25, -0.2) is 9.78 Å². The predicted molar refractivity (Wildman–Crippen MR) is 119 cm³/mol. The van der Waals surface area contributed by atoms with Gasteiger partial charge in [-0.1, -0.05) is 38.3 Å². The van der Waals surface area contributed by atoms with E-state index in [4.69, 9.17) is 4.74 Å². The van der Waals surface area contributed by atoms with Gasteiger partial charge in [0.1, 0.15) is 17.1 Å². The van der Waals surface area contributed by atoms with Crippen LogP contribution in [0.25, 0.3) is 0 Å². The lowest BCUT2D eigenvalue weighted by Crippen LogP contribution is -2.36. The SMILES string of the molecule is CCCCCCOc1ccc(CN2CC[C@H](N(C)c3ncccc3C(=O)O)C2)cc1. The van der Waals surface area contributed by atoms with Crippen molar-refractivity contribution in [3.63, 3.8) is 0 Å². The monoisotopic (exact) mass is 411 g/mol. The van der Waals surface area contributed by atoms with Gasteiger partial charge < -0.3 is 14.7 Å². The van der Waals surface area contributed by atoms with Crippen LogP contribution in [0.5, 0.6) is 5.75 Å². The first-order valence-electron chi connectivity index (χ1n) is 10.9. The van der Waals surface area contributed by atoms with E-state index in [1.165, 1.54) is 24.8 Å². The molecule has 0 spiro atoms. The Morgan fingerprint density at radius 2 is 2.03 bits per heavy atom. The second-order valence-corrected chi connectivity index (χ2v) is 8.02. The molecule has 0 unspecified atom stereocenters. The Balaban J connectivity index is 1.49. The lowest BCUT2D eigenvalue weighted by atomic mass is 10.2. The summed E-state index contributed by atoms with van der Waals surface area (Å²) in [6.45, 7) is 5.76. The van der Waals surface area contributed by atoms with Crippen LogP contribution < -0.4 is 9.64 Å². The third-order valence-electron chi connectivity index (χ3n) is 5.74. The van der Waals surface area contributed by atoms with Crippen molar-refractivity contribution in [3.8, 4) is 5.75 Å². The minimum absolute atomic E-state index is 0.253. The summed E-state index contributed by atoms with van der Waals surface area (Å²) < 4.78 is 5.83. The van der Waals surface area contributed by atoms with Crippen LogP contribution >= 0.6 is 0 Å². The number of likely N-dealkylation sites (tertiary alicyclic amines) is 1. The van der Waals surface area contributed by atoms with Crippen LogP contribution in [0, 0.1) is 0 Å². The van der Waals surface area contributed by atoms with Gasteiger partial charge in [0.25, 0.3) is 0 Å². The summed E-state index contributed by atoms with van der Waals surface area (Å²) in [6, 6.07) is 11.9. The van der Waals surface area contributed by atoms with E-state index < -0.39 is 5.97 Å². The normalized spacial score (nSPS) is 16.5. The van der Waals surface area contributed by atoms with Crippen LogP contribution in [-0.2, 0) is 6.54 Å². The Kier molecular flexibility index (Phi) is 8.08. The highest BCUT2D eigenvalue weighted by Crippen LogP contribution is 2.24. The highest BCUT2D eigenvalue weighted by molar-refractivity contribution is 5.93. The largest absolute Gasteiger partial charge is 0.494 e. The third-order valence-corrected chi connectivity index (χ3v) is 5.74. The van der Waals surface area contributed by atoms with Crippen molar-refractivity contribution in [3.05, 3.63) is 53.7 Å². The zero-order valence-corrected chi connectivity index (χ0v) is 18.1. The Morgan fingerprint density at radius 3 is 2.77 bits per heavy atom. The zero-order valence-electron chi connectivity index (χ0n) is 18.1. The Bertz CT molecular complexity index is 810. The lowest BCUT2D eigenvalue weighted by molar-refractivity contribution is 0.0697. The predicted octanol–water partition coefficient (Wildman–Crippen LogP) is 4.45. The van der Waals surface area contributed by atoms with Crippen LogP contribution in [0.15, 0.2) is 42.6 Å². The third kappa shape index (κ3) is 5.95. The van der Waals surface area contributed by atoms with Crippen LogP contribution in [0.2, 0.25) is 0 Å². The molecule has 3 rings (SSSR count). The molecule has 2 aromatic rings. The van der Waals surface area contributed by atoms with Gasteiger partial charge in [0, 0.05) is 38.9 Å². The molecule has 0 aliphatic carbocycles. The van der Waals surface area contributed by atoms with Crippen molar-refractivity contribution in [2.75, 3.05) is 31.6 Å². The highest BCUT2D eigenvalue weighted by Gasteiger charge is 2.28. The van der Waals surface area contributed by atoms with E-state index in [2.05, 4.69) is 41.1 Å².